The summed E-state index contributed by atoms with van der Waals surface area (Å²) in [5.41, 5.74) is 1.68. The zero-order chi connectivity index (χ0) is 12.3. The van der Waals surface area contributed by atoms with Crippen molar-refractivity contribution in [1.82, 2.24) is 5.32 Å². The van der Waals surface area contributed by atoms with Gasteiger partial charge in [0.1, 0.15) is 0 Å². The smallest absolute Gasteiger partial charge is 0.0992 e. The van der Waals surface area contributed by atoms with Crippen molar-refractivity contribution in [2.24, 2.45) is 5.92 Å². The molecule has 0 amide bonds. The van der Waals surface area contributed by atoms with Gasteiger partial charge in [-0.15, -0.1) is 0 Å². The van der Waals surface area contributed by atoms with Gasteiger partial charge in [-0.3, -0.25) is 0 Å². The summed E-state index contributed by atoms with van der Waals surface area (Å²) in [7, 11) is 0. The van der Waals surface area contributed by atoms with E-state index in [2.05, 4.69) is 18.3 Å². The molecule has 1 unspecified atom stereocenters. The van der Waals surface area contributed by atoms with Gasteiger partial charge in [0.2, 0.25) is 0 Å². The Morgan fingerprint density at radius 3 is 2.82 bits per heavy atom. The molecule has 3 heteroatoms. The average Bonchev–Trinajstić information content (AvgIpc) is 2.25. The van der Waals surface area contributed by atoms with Crippen LogP contribution < -0.4 is 5.32 Å². The zero-order valence-corrected chi connectivity index (χ0v) is 10.8. The second kappa shape index (κ2) is 5.53. The average molecular weight is 249 g/mol. The number of nitrogens with one attached hydrogen (secondary N) is 1. The number of rotatable bonds is 4. The van der Waals surface area contributed by atoms with Crippen molar-refractivity contribution >= 4 is 11.6 Å². The molecule has 1 aromatic carbocycles. The first-order valence-electron chi connectivity index (χ1n) is 6.12. The summed E-state index contributed by atoms with van der Waals surface area (Å²) in [4.78, 5) is 0. The molecule has 0 saturated heterocycles. The summed E-state index contributed by atoms with van der Waals surface area (Å²) < 4.78 is 0. The first-order chi connectivity index (χ1) is 8.20. The Labute approximate surface area is 108 Å². The minimum absolute atomic E-state index is 0.551. The van der Waals surface area contributed by atoms with Crippen LogP contribution in [0.15, 0.2) is 18.2 Å². The van der Waals surface area contributed by atoms with Crippen molar-refractivity contribution in [3.8, 4) is 6.07 Å². The number of hydrogen-bond acceptors (Lipinski definition) is 2. The minimum atomic E-state index is 0.551. The molecule has 2 rings (SSSR count). The van der Waals surface area contributed by atoms with Crippen molar-refractivity contribution in [1.29, 1.82) is 5.26 Å². The zero-order valence-electron chi connectivity index (χ0n) is 10.0. The van der Waals surface area contributed by atoms with Crippen LogP contribution in [0.1, 0.15) is 37.3 Å². The summed E-state index contributed by atoms with van der Waals surface area (Å²) in [6.45, 7) is 3.02. The van der Waals surface area contributed by atoms with Crippen LogP contribution in [0.25, 0.3) is 0 Å². The fourth-order valence-corrected chi connectivity index (χ4v) is 2.39. The van der Waals surface area contributed by atoms with Crippen LogP contribution in [-0.4, -0.2) is 6.04 Å². The molecular formula is C14H17ClN2. The van der Waals surface area contributed by atoms with Gasteiger partial charge < -0.3 is 5.32 Å². The van der Waals surface area contributed by atoms with E-state index in [0.717, 1.165) is 18.0 Å². The molecule has 1 aliphatic rings. The summed E-state index contributed by atoms with van der Waals surface area (Å²) in [5, 5.41) is 12.9. The monoisotopic (exact) mass is 248 g/mol. The van der Waals surface area contributed by atoms with Gasteiger partial charge in [0.05, 0.1) is 11.6 Å². The predicted molar refractivity (Wildman–Crippen MR) is 69.8 cm³/mol. The van der Waals surface area contributed by atoms with Gasteiger partial charge in [0.25, 0.3) is 0 Å². The number of nitriles is 1. The molecule has 90 valence electrons. The molecule has 0 radical (unpaired) electrons. The normalized spacial score (nSPS) is 17.2. The van der Waals surface area contributed by atoms with E-state index in [9.17, 15) is 0 Å². The molecule has 1 saturated carbocycles. The summed E-state index contributed by atoms with van der Waals surface area (Å²) >= 11 is 6.13. The maximum absolute atomic E-state index is 8.76. The SMILES string of the molecule is CC(NCc1ccc(C#N)cc1Cl)C1CCC1. The third-order valence-corrected chi connectivity index (χ3v) is 4.01. The molecule has 1 fully saturated rings. The number of benzene rings is 1. The van der Waals surface area contributed by atoms with Gasteiger partial charge in [-0.25, -0.2) is 0 Å². The molecule has 1 atom stereocenters. The van der Waals surface area contributed by atoms with Crippen molar-refractivity contribution in [2.75, 3.05) is 0 Å². The van der Waals surface area contributed by atoms with Crippen LogP contribution in [0.5, 0.6) is 0 Å². The third kappa shape index (κ3) is 3.00. The molecule has 2 nitrogen and oxygen atoms in total. The molecular weight excluding hydrogens is 232 g/mol. The molecule has 0 spiro atoms. The van der Waals surface area contributed by atoms with Crippen LogP contribution >= 0.6 is 11.6 Å². The van der Waals surface area contributed by atoms with E-state index in [1.54, 1.807) is 6.07 Å². The Balaban J connectivity index is 1.92. The Morgan fingerprint density at radius 1 is 1.53 bits per heavy atom. The number of halogens is 1. The van der Waals surface area contributed by atoms with Gasteiger partial charge in [-0.05, 0) is 43.4 Å². The van der Waals surface area contributed by atoms with E-state index in [1.807, 2.05) is 12.1 Å². The minimum Gasteiger partial charge on any atom is -0.310 e. The van der Waals surface area contributed by atoms with Gasteiger partial charge in [0.15, 0.2) is 0 Å². The molecule has 0 aliphatic heterocycles. The fourth-order valence-electron chi connectivity index (χ4n) is 2.14. The maximum atomic E-state index is 8.76. The Hall–Kier alpha value is -1.04. The lowest BCUT2D eigenvalue weighted by atomic mass is 9.80. The van der Waals surface area contributed by atoms with Gasteiger partial charge in [-0.2, -0.15) is 5.26 Å². The first kappa shape index (κ1) is 12.4. The molecule has 0 heterocycles. The molecule has 0 bridgehead atoms. The topological polar surface area (TPSA) is 35.8 Å². The highest BCUT2D eigenvalue weighted by atomic mass is 35.5. The molecule has 17 heavy (non-hydrogen) atoms. The number of hydrogen-bond donors (Lipinski definition) is 1. The van der Waals surface area contributed by atoms with E-state index in [4.69, 9.17) is 16.9 Å². The molecule has 1 aromatic rings. The summed E-state index contributed by atoms with van der Waals surface area (Å²) in [5.74, 6) is 0.826. The van der Waals surface area contributed by atoms with E-state index >= 15 is 0 Å². The Kier molecular flexibility index (Phi) is 4.04. The van der Waals surface area contributed by atoms with Gasteiger partial charge in [-0.1, -0.05) is 24.1 Å². The van der Waals surface area contributed by atoms with E-state index < -0.39 is 0 Å². The van der Waals surface area contributed by atoms with E-state index in [1.165, 1.54) is 19.3 Å². The lowest BCUT2D eigenvalue weighted by Crippen LogP contribution is -2.36. The first-order valence-corrected chi connectivity index (χ1v) is 6.50. The van der Waals surface area contributed by atoms with Crippen molar-refractivity contribution < 1.29 is 0 Å². The molecule has 1 aliphatic carbocycles. The standard InChI is InChI=1S/C14H17ClN2/c1-10(12-3-2-4-12)17-9-13-6-5-11(8-16)7-14(13)15/h5-7,10,12,17H,2-4,9H2,1H3. The summed E-state index contributed by atoms with van der Waals surface area (Å²) in [6.07, 6.45) is 4.05. The second-order valence-corrected chi connectivity index (χ2v) is 5.19. The van der Waals surface area contributed by atoms with Crippen LogP contribution in [0.4, 0.5) is 0 Å². The highest BCUT2D eigenvalue weighted by molar-refractivity contribution is 6.31. The maximum Gasteiger partial charge on any atom is 0.0992 e. The van der Waals surface area contributed by atoms with Crippen LogP contribution in [0.3, 0.4) is 0 Å². The van der Waals surface area contributed by atoms with E-state index in [-0.39, 0.29) is 0 Å². The highest BCUT2D eigenvalue weighted by Gasteiger charge is 2.23. The van der Waals surface area contributed by atoms with Crippen LogP contribution in [0.2, 0.25) is 5.02 Å². The fraction of sp³-hybridized carbons (Fsp3) is 0.500. The molecule has 0 aromatic heterocycles. The molecule has 1 N–H and O–H groups in total. The largest absolute Gasteiger partial charge is 0.310 e. The Morgan fingerprint density at radius 2 is 2.29 bits per heavy atom. The third-order valence-electron chi connectivity index (χ3n) is 3.65. The van der Waals surface area contributed by atoms with E-state index in [0.29, 0.717) is 16.6 Å². The van der Waals surface area contributed by atoms with Crippen molar-refractivity contribution in [2.45, 2.75) is 38.8 Å². The lowest BCUT2D eigenvalue weighted by Gasteiger charge is -2.32. The van der Waals surface area contributed by atoms with Gasteiger partial charge in [0, 0.05) is 17.6 Å². The summed E-state index contributed by atoms with van der Waals surface area (Å²) in [6, 6.07) is 8.12. The van der Waals surface area contributed by atoms with Crippen LogP contribution in [-0.2, 0) is 6.54 Å². The second-order valence-electron chi connectivity index (χ2n) is 4.78. The van der Waals surface area contributed by atoms with Crippen molar-refractivity contribution in [3.63, 3.8) is 0 Å². The Bertz CT molecular complexity index is 432. The van der Waals surface area contributed by atoms with Gasteiger partial charge >= 0.3 is 0 Å². The lowest BCUT2D eigenvalue weighted by molar-refractivity contribution is 0.240. The number of nitrogens with zero attached hydrogens (tertiary/aromatic N) is 1. The predicted octanol–water partition coefficient (Wildman–Crippen LogP) is 3.49. The highest BCUT2D eigenvalue weighted by Crippen LogP contribution is 2.29. The van der Waals surface area contributed by atoms with Crippen LogP contribution in [0, 0.1) is 17.2 Å². The van der Waals surface area contributed by atoms with Crippen molar-refractivity contribution in [3.05, 3.63) is 34.3 Å². The quantitative estimate of drug-likeness (QED) is 0.886.